The molecule has 0 aromatic heterocycles. The van der Waals surface area contributed by atoms with E-state index in [9.17, 15) is 9.59 Å². The van der Waals surface area contributed by atoms with E-state index in [4.69, 9.17) is 5.11 Å². The van der Waals surface area contributed by atoms with E-state index in [0.29, 0.717) is 24.7 Å². The monoisotopic (exact) mass is 185 g/mol. The van der Waals surface area contributed by atoms with Crippen LogP contribution in [0.15, 0.2) is 0 Å². The van der Waals surface area contributed by atoms with Gasteiger partial charge >= 0.3 is 5.97 Å². The summed E-state index contributed by atoms with van der Waals surface area (Å²) in [5, 5.41) is 11.0. The Morgan fingerprint density at radius 3 is 2.77 bits per heavy atom. The van der Waals surface area contributed by atoms with Crippen LogP contribution in [-0.2, 0) is 9.59 Å². The van der Waals surface area contributed by atoms with Crippen molar-refractivity contribution < 1.29 is 14.7 Å². The molecule has 1 amide bonds. The second-order valence-electron chi connectivity index (χ2n) is 3.58. The van der Waals surface area contributed by atoms with E-state index in [1.165, 1.54) is 0 Å². The molecule has 0 radical (unpaired) electrons. The zero-order valence-corrected chi connectivity index (χ0v) is 7.69. The number of hydrogen-bond acceptors (Lipinski definition) is 2. The lowest BCUT2D eigenvalue weighted by Crippen LogP contribution is -2.36. The minimum atomic E-state index is -0.936. The maximum Gasteiger partial charge on any atom is 0.326 e. The highest BCUT2D eigenvalue weighted by molar-refractivity contribution is 5.76. The normalized spacial score (nSPS) is 27.8. The Balaban J connectivity index is 2.31. The van der Waals surface area contributed by atoms with Crippen LogP contribution in [0.4, 0.5) is 0 Å². The van der Waals surface area contributed by atoms with Gasteiger partial charge < -0.3 is 10.4 Å². The van der Waals surface area contributed by atoms with Gasteiger partial charge in [0.25, 0.3) is 0 Å². The standard InChI is InChI=1S/C9H15NO3/c1-2-6-3-7(6)4-8(9(12)13)10-5-11/h5-8H,2-4H2,1H3,(H,10,11)(H,12,13). The van der Waals surface area contributed by atoms with Gasteiger partial charge in [0, 0.05) is 0 Å². The average molecular weight is 185 g/mol. The Bertz CT molecular complexity index is 205. The summed E-state index contributed by atoms with van der Waals surface area (Å²) in [6.45, 7) is 2.10. The average Bonchev–Trinajstić information content (AvgIpc) is 2.82. The fourth-order valence-electron chi connectivity index (χ4n) is 1.72. The summed E-state index contributed by atoms with van der Waals surface area (Å²) in [6, 6.07) is -0.695. The number of carbonyl (C=O) groups is 2. The molecule has 3 atom stereocenters. The minimum absolute atomic E-state index is 0.460. The summed E-state index contributed by atoms with van der Waals surface area (Å²) in [5.41, 5.74) is 0. The van der Waals surface area contributed by atoms with Crippen molar-refractivity contribution >= 4 is 12.4 Å². The Kier molecular flexibility index (Phi) is 3.28. The first-order chi connectivity index (χ1) is 6.19. The second kappa shape index (κ2) is 4.25. The van der Waals surface area contributed by atoms with Gasteiger partial charge in [-0.1, -0.05) is 13.3 Å². The van der Waals surface area contributed by atoms with Crippen molar-refractivity contribution in [2.45, 2.75) is 32.2 Å². The zero-order valence-electron chi connectivity index (χ0n) is 7.69. The largest absolute Gasteiger partial charge is 0.480 e. The highest BCUT2D eigenvalue weighted by Crippen LogP contribution is 2.44. The van der Waals surface area contributed by atoms with Gasteiger partial charge in [0.1, 0.15) is 6.04 Å². The van der Waals surface area contributed by atoms with E-state index >= 15 is 0 Å². The molecule has 74 valence electrons. The van der Waals surface area contributed by atoms with Crippen molar-refractivity contribution in [3.05, 3.63) is 0 Å². The van der Waals surface area contributed by atoms with E-state index in [1.54, 1.807) is 0 Å². The Morgan fingerprint density at radius 2 is 2.38 bits per heavy atom. The molecular formula is C9H15NO3. The molecule has 1 saturated carbocycles. The van der Waals surface area contributed by atoms with E-state index < -0.39 is 12.0 Å². The number of carboxylic acid groups (broad SMARTS) is 1. The maximum atomic E-state index is 10.6. The molecule has 1 aliphatic rings. The molecule has 0 saturated heterocycles. The van der Waals surface area contributed by atoms with Crippen molar-refractivity contribution in [2.75, 3.05) is 0 Å². The Morgan fingerprint density at radius 1 is 1.69 bits per heavy atom. The van der Waals surface area contributed by atoms with Crippen LogP contribution in [0.2, 0.25) is 0 Å². The Hall–Kier alpha value is -1.06. The maximum absolute atomic E-state index is 10.6. The highest BCUT2D eigenvalue weighted by atomic mass is 16.4. The third-order valence-electron chi connectivity index (χ3n) is 2.70. The molecule has 0 aromatic carbocycles. The molecular weight excluding hydrogens is 170 g/mol. The van der Waals surface area contributed by atoms with Crippen molar-refractivity contribution in [1.82, 2.24) is 5.32 Å². The van der Waals surface area contributed by atoms with E-state index in [-0.39, 0.29) is 0 Å². The van der Waals surface area contributed by atoms with Crippen LogP contribution in [0.3, 0.4) is 0 Å². The van der Waals surface area contributed by atoms with Gasteiger partial charge in [0.15, 0.2) is 0 Å². The first-order valence-electron chi connectivity index (χ1n) is 4.61. The van der Waals surface area contributed by atoms with Gasteiger partial charge in [-0.3, -0.25) is 4.79 Å². The third-order valence-corrected chi connectivity index (χ3v) is 2.70. The molecule has 1 fully saturated rings. The van der Waals surface area contributed by atoms with Crippen LogP contribution in [0.25, 0.3) is 0 Å². The number of nitrogens with one attached hydrogen (secondary N) is 1. The lowest BCUT2D eigenvalue weighted by molar-refractivity contribution is -0.140. The smallest absolute Gasteiger partial charge is 0.326 e. The second-order valence-corrected chi connectivity index (χ2v) is 3.58. The first-order valence-corrected chi connectivity index (χ1v) is 4.61. The summed E-state index contributed by atoms with van der Waals surface area (Å²) in [7, 11) is 0. The molecule has 2 N–H and O–H groups in total. The third kappa shape index (κ3) is 2.72. The number of hydrogen-bond donors (Lipinski definition) is 2. The lowest BCUT2D eigenvalue weighted by atomic mass is 10.1. The first kappa shape index (κ1) is 10.0. The summed E-state index contributed by atoms with van der Waals surface area (Å²) >= 11 is 0. The minimum Gasteiger partial charge on any atom is -0.480 e. The summed E-state index contributed by atoms with van der Waals surface area (Å²) in [4.78, 5) is 20.7. The van der Waals surface area contributed by atoms with E-state index in [1.807, 2.05) is 0 Å². The number of rotatable bonds is 6. The molecule has 1 rings (SSSR count). The van der Waals surface area contributed by atoms with Gasteiger partial charge in [-0.2, -0.15) is 0 Å². The number of amides is 1. The zero-order chi connectivity index (χ0) is 9.84. The topological polar surface area (TPSA) is 66.4 Å². The molecule has 4 heteroatoms. The molecule has 0 aliphatic heterocycles. The van der Waals surface area contributed by atoms with Crippen LogP contribution < -0.4 is 5.32 Å². The fourth-order valence-corrected chi connectivity index (χ4v) is 1.72. The van der Waals surface area contributed by atoms with Gasteiger partial charge in [0.05, 0.1) is 0 Å². The van der Waals surface area contributed by atoms with Crippen LogP contribution >= 0.6 is 0 Å². The summed E-state index contributed by atoms with van der Waals surface area (Å²) < 4.78 is 0. The van der Waals surface area contributed by atoms with Crippen molar-refractivity contribution in [2.24, 2.45) is 11.8 Å². The predicted octanol–water partition coefficient (Wildman–Crippen LogP) is 0.622. The Labute approximate surface area is 77.3 Å². The van der Waals surface area contributed by atoms with Gasteiger partial charge in [0.2, 0.25) is 6.41 Å². The molecule has 0 aromatic rings. The van der Waals surface area contributed by atoms with Gasteiger partial charge in [-0.05, 0) is 24.7 Å². The SMILES string of the molecule is CCC1CC1CC(NC=O)C(=O)O. The highest BCUT2D eigenvalue weighted by Gasteiger charge is 2.38. The summed E-state index contributed by atoms with van der Waals surface area (Å²) in [5.74, 6) is 0.239. The number of carboxylic acids is 1. The molecule has 13 heavy (non-hydrogen) atoms. The van der Waals surface area contributed by atoms with Crippen LogP contribution in [0.1, 0.15) is 26.2 Å². The number of carbonyl (C=O) groups excluding carboxylic acids is 1. The lowest BCUT2D eigenvalue weighted by Gasteiger charge is -2.09. The molecule has 0 heterocycles. The van der Waals surface area contributed by atoms with Gasteiger partial charge in [-0.15, -0.1) is 0 Å². The fraction of sp³-hybridized carbons (Fsp3) is 0.778. The molecule has 0 bridgehead atoms. The van der Waals surface area contributed by atoms with Crippen LogP contribution in [0, 0.1) is 11.8 Å². The predicted molar refractivity (Wildman–Crippen MR) is 47.1 cm³/mol. The quantitative estimate of drug-likeness (QED) is 0.596. The van der Waals surface area contributed by atoms with E-state index in [2.05, 4.69) is 12.2 Å². The van der Waals surface area contributed by atoms with Crippen LogP contribution in [0.5, 0.6) is 0 Å². The van der Waals surface area contributed by atoms with Gasteiger partial charge in [-0.25, -0.2) is 4.79 Å². The van der Waals surface area contributed by atoms with Crippen molar-refractivity contribution in [3.63, 3.8) is 0 Å². The van der Waals surface area contributed by atoms with Crippen molar-refractivity contribution in [1.29, 1.82) is 0 Å². The van der Waals surface area contributed by atoms with Crippen LogP contribution in [-0.4, -0.2) is 23.5 Å². The molecule has 4 nitrogen and oxygen atoms in total. The van der Waals surface area contributed by atoms with Crippen molar-refractivity contribution in [3.8, 4) is 0 Å². The molecule has 0 spiro atoms. The van der Waals surface area contributed by atoms with E-state index in [0.717, 1.165) is 12.8 Å². The number of aliphatic carboxylic acids is 1. The molecule has 1 aliphatic carbocycles. The summed E-state index contributed by atoms with van der Waals surface area (Å²) in [6.07, 6.45) is 3.26. The molecule has 3 unspecified atom stereocenters.